The quantitative estimate of drug-likeness (QED) is 0.423. The van der Waals surface area contributed by atoms with Gasteiger partial charge in [-0.2, -0.15) is 0 Å². The van der Waals surface area contributed by atoms with Crippen molar-refractivity contribution >= 4 is 5.82 Å². The van der Waals surface area contributed by atoms with Crippen molar-refractivity contribution in [3.63, 3.8) is 0 Å². The molecule has 2 aliphatic rings. The van der Waals surface area contributed by atoms with Gasteiger partial charge in [0.2, 0.25) is 0 Å². The molecule has 2 aliphatic carbocycles. The van der Waals surface area contributed by atoms with Crippen molar-refractivity contribution in [3.05, 3.63) is 35.9 Å². The van der Waals surface area contributed by atoms with Gasteiger partial charge in [-0.3, -0.25) is 0 Å². The number of rotatable bonds is 3. The van der Waals surface area contributed by atoms with Crippen molar-refractivity contribution in [1.82, 2.24) is 10.2 Å². The Hall–Kier alpha value is -2.10. The number of anilines is 1. The second-order valence-electron chi connectivity index (χ2n) is 12.6. The Bertz CT molecular complexity index is 946. The summed E-state index contributed by atoms with van der Waals surface area (Å²) in [7, 11) is 0. The van der Waals surface area contributed by atoms with Crippen LogP contribution in [0.4, 0.5) is 5.82 Å². The van der Waals surface area contributed by atoms with Gasteiger partial charge >= 0.3 is 0 Å². The number of hydrogen-bond donors (Lipinski definition) is 2. The normalized spacial score (nSPS) is 27.4. The van der Waals surface area contributed by atoms with E-state index in [0.717, 1.165) is 34.6 Å². The van der Waals surface area contributed by atoms with Crippen LogP contribution in [0.3, 0.4) is 0 Å². The summed E-state index contributed by atoms with van der Waals surface area (Å²) in [6.07, 6.45) is 26.2. The van der Waals surface area contributed by atoms with Crippen LogP contribution in [0.2, 0.25) is 0 Å². The molecule has 2 fully saturated rings. The van der Waals surface area contributed by atoms with Crippen LogP contribution in [-0.2, 0) is 0 Å². The van der Waals surface area contributed by atoms with E-state index in [-0.39, 0.29) is 5.75 Å². The molecular formula is C34H53N3O. The summed E-state index contributed by atoms with van der Waals surface area (Å²) in [4.78, 5) is 0. The molecule has 4 heteroatoms. The average Bonchev–Trinajstić information content (AvgIpc) is 2.96. The molecule has 0 amide bonds. The third-order valence-electron chi connectivity index (χ3n) is 9.69. The predicted octanol–water partition coefficient (Wildman–Crippen LogP) is 9.82. The number of para-hydroxylation sites is 1. The third-order valence-corrected chi connectivity index (χ3v) is 9.69. The number of hydrogen-bond acceptors (Lipinski definition) is 4. The van der Waals surface area contributed by atoms with Crippen LogP contribution in [0.5, 0.6) is 5.75 Å². The van der Waals surface area contributed by atoms with Crippen LogP contribution in [-0.4, -0.2) is 15.3 Å². The molecule has 2 aromatic rings. The van der Waals surface area contributed by atoms with Gasteiger partial charge in [0, 0.05) is 11.1 Å². The molecular weight excluding hydrogens is 466 g/mol. The van der Waals surface area contributed by atoms with Crippen LogP contribution >= 0.6 is 0 Å². The highest BCUT2D eigenvalue weighted by molar-refractivity contribution is 5.67. The van der Waals surface area contributed by atoms with Gasteiger partial charge in [0.05, 0.1) is 5.69 Å². The second kappa shape index (κ2) is 15.5. The van der Waals surface area contributed by atoms with E-state index in [4.69, 9.17) is 5.73 Å². The summed E-state index contributed by atoms with van der Waals surface area (Å²) in [5.74, 6) is 4.04. The number of nitrogens with two attached hydrogens (primary N) is 1. The number of phenolic OH excluding ortho intramolecular Hbond substituents is 1. The Morgan fingerprint density at radius 2 is 1.16 bits per heavy atom. The molecule has 0 bridgehead atoms. The molecule has 210 valence electrons. The average molecular weight is 520 g/mol. The predicted molar refractivity (Wildman–Crippen MR) is 160 cm³/mol. The monoisotopic (exact) mass is 519 g/mol. The van der Waals surface area contributed by atoms with Gasteiger partial charge in [0.25, 0.3) is 0 Å². The van der Waals surface area contributed by atoms with E-state index in [2.05, 4.69) is 23.2 Å². The molecule has 4 rings (SSSR count). The van der Waals surface area contributed by atoms with Crippen molar-refractivity contribution < 1.29 is 5.11 Å². The van der Waals surface area contributed by atoms with Gasteiger partial charge in [0.1, 0.15) is 11.6 Å². The van der Waals surface area contributed by atoms with E-state index in [1.165, 1.54) is 122 Å². The maximum Gasteiger partial charge on any atom is 0.149 e. The SMILES string of the molecule is CC1CCCCCC(C2CCCCCC(c3cc(-c4ccccc4O)nnc3N)CCCC2)CCCCC1. The van der Waals surface area contributed by atoms with E-state index in [1.807, 2.05) is 18.2 Å². The third kappa shape index (κ3) is 8.71. The zero-order valence-corrected chi connectivity index (χ0v) is 24.1. The highest BCUT2D eigenvalue weighted by atomic mass is 16.3. The van der Waals surface area contributed by atoms with Gasteiger partial charge in [0.15, 0.2) is 0 Å². The highest BCUT2D eigenvalue weighted by Gasteiger charge is 2.23. The number of aromatic hydroxyl groups is 1. The van der Waals surface area contributed by atoms with E-state index in [9.17, 15) is 5.11 Å². The molecule has 3 N–H and O–H groups in total. The molecule has 1 aromatic heterocycles. The first kappa shape index (κ1) is 28.9. The molecule has 0 saturated heterocycles. The fraction of sp³-hybridized carbons (Fsp3) is 0.706. The standard InChI is InChI=1S/C34H53N3O/c1-26-15-5-2-7-17-27(18-8-3-6-16-26)28-19-9-4-10-21-29(22-12-11-20-28)31-25-32(36-37-34(31)35)30-23-13-14-24-33(30)38/h13-14,23-29,38H,2-12,15-22H2,1H3,(H2,35,37). The summed E-state index contributed by atoms with van der Waals surface area (Å²) in [5.41, 5.74) is 8.97. The van der Waals surface area contributed by atoms with Crippen molar-refractivity contribution in [2.45, 2.75) is 135 Å². The van der Waals surface area contributed by atoms with Crippen molar-refractivity contribution in [2.75, 3.05) is 5.73 Å². The van der Waals surface area contributed by atoms with Gasteiger partial charge in [-0.05, 0) is 54.7 Å². The second-order valence-corrected chi connectivity index (χ2v) is 12.6. The lowest BCUT2D eigenvalue weighted by atomic mass is 9.77. The van der Waals surface area contributed by atoms with E-state index >= 15 is 0 Å². The van der Waals surface area contributed by atoms with Crippen molar-refractivity contribution in [1.29, 1.82) is 0 Å². The Morgan fingerprint density at radius 1 is 0.658 bits per heavy atom. The molecule has 4 nitrogen and oxygen atoms in total. The molecule has 2 unspecified atom stereocenters. The van der Waals surface area contributed by atoms with Crippen LogP contribution in [0.1, 0.15) is 140 Å². The molecule has 1 aromatic carbocycles. The number of aromatic nitrogens is 2. The minimum absolute atomic E-state index is 0.243. The van der Waals surface area contributed by atoms with Crippen molar-refractivity contribution in [3.8, 4) is 17.0 Å². The molecule has 38 heavy (non-hydrogen) atoms. The minimum atomic E-state index is 0.243. The first-order chi connectivity index (χ1) is 18.6. The molecule has 1 heterocycles. The number of benzene rings is 1. The van der Waals surface area contributed by atoms with Gasteiger partial charge in [-0.15, -0.1) is 10.2 Å². The summed E-state index contributed by atoms with van der Waals surface area (Å²) >= 11 is 0. The van der Waals surface area contributed by atoms with Crippen LogP contribution < -0.4 is 5.73 Å². The minimum Gasteiger partial charge on any atom is -0.507 e. The maximum atomic E-state index is 10.3. The summed E-state index contributed by atoms with van der Waals surface area (Å²) < 4.78 is 0. The first-order valence-electron chi connectivity index (χ1n) is 16.0. The zero-order valence-electron chi connectivity index (χ0n) is 24.1. The molecule has 2 atom stereocenters. The van der Waals surface area contributed by atoms with Crippen molar-refractivity contribution in [2.24, 2.45) is 17.8 Å². The smallest absolute Gasteiger partial charge is 0.149 e. The Balaban J connectivity index is 1.38. The lowest BCUT2D eigenvalue weighted by molar-refractivity contribution is 0.235. The molecule has 2 saturated carbocycles. The molecule has 0 spiro atoms. The lowest BCUT2D eigenvalue weighted by Gasteiger charge is -2.28. The van der Waals surface area contributed by atoms with E-state index in [1.54, 1.807) is 6.07 Å². The topological polar surface area (TPSA) is 72.0 Å². The van der Waals surface area contributed by atoms with E-state index in [0.29, 0.717) is 11.7 Å². The van der Waals surface area contributed by atoms with Gasteiger partial charge in [-0.25, -0.2) is 0 Å². The summed E-state index contributed by atoms with van der Waals surface area (Å²) in [5, 5.41) is 19.0. The summed E-state index contributed by atoms with van der Waals surface area (Å²) in [6.45, 7) is 2.47. The van der Waals surface area contributed by atoms with Gasteiger partial charge in [-0.1, -0.05) is 128 Å². The Labute approximate surface area is 232 Å². The fourth-order valence-electron chi connectivity index (χ4n) is 7.32. The maximum absolute atomic E-state index is 10.3. The Morgan fingerprint density at radius 3 is 1.76 bits per heavy atom. The zero-order chi connectivity index (χ0) is 26.6. The largest absolute Gasteiger partial charge is 0.507 e. The fourth-order valence-corrected chi connectivity index (χ4v) is 7.32. The number of nitrogens with zero attached hydrogens (tertiary/aromatic N) is 2. The van der Waals surface area contributed by atoms with Gasteiger partial charge < -0.3 is 10.8 Å². The van der Waals surface area contributed by atoms with Crippen LogP contribution in [0, 0.1) is 17.8 Å². The number of phenols is 1. The van der Waals surface area contributed by atoms with Crippen LogP contribution in [0.25, 0.3) is 11.3 Å². The van der Waals surface area contributed by atoms with E-state index < -0.39 is 0 Å². The first-order valence-corrected chi connectivity index (χ1v) is 16.0. The number of nitrogen functional groups attached to an aromatic ring is 1. The molecule has 0 aliphatic heterocycles. The Kier molecular flexibility index (Phi) is 11.8. The molecule has 0 radical (unpaired) electrons. The van der Waals surface area contributed by atoms with Crippen LogP contribution in [0.15, 0.2) is 30.3 Å². The highest BCUT2D eigenvalue weighted by Crippen LogP contribution is 2.38. The lowest BCUT2D eigenvalue weighted by Crippen LogP contribution is -2.16. The summed E-state index contributed by atoms with van der Waals surface area (Å²) in [6, 6.07) is 9.47.